The van der Waals surface area contributed by atoms with E-state index >= 15 is 0 Å². The van der Waals surface area contributed by atoms with Gasteiger partial charge in [0.25, 0.3) is 15.9 Å². The van der Waals surface area contributed by atoms with E-state index in [4.69, 9.17) is 4.74 Å². The number of amides is 1. The first-order valence-corrected chi connectivity index (χ1v) is 14.4. The summed E-state index contributed by atoms with van der Waals surface area (Å²) >= 11 is 0. The normalized spacial score (nSPS) is 11.5. The maximum Gasteiger partial charge on any atom is 0.264 e. The van der Waals surface area contributed by atoms with Crippen LogP contribution >= 0.6 is 0 Å². The molecule has 40 heavy (non-hydrogen) atoms. The first kappa shape index (κ1) is 28.6. The summed E-state index contributed by atoms with van der Waals surface area (Å²) in [6.07, 6.45) is 1.57. The highest BCUT2D eigenvalue weighted by atomic mass is 32.2. The van der Waals surface area contributed by atoms with E-state index in [1.807, 2.05) is 40.7 Å². The zero-order valence-corrected chi connectivity index (χ0v) is 24.2. The van der Waals surface area contributed by atoms with Crippen LogP contribution in [0.4, 0.5) is 5.69 Å². The zero-order chi connectivity index (χ0) is 28.9. The van der Waals surface area contributed by atoms with Gasteiger partial charge in [0.1, 0.15) is 12.3 Å². The van der Waals surface area contributed by atoms with Gasteiger partial charge in [-0.25, -0.2) is 13.8 Å². The molecule has 0 saturated carbocycles. The Balaban J connectivity index is 1.58. The molecule has 1 heterocycles. The maximum absolute atomic E-state index is 13.7. The van der Waals surface area contributed by atoms with E-state index in [9.17, 15) is 13.2 Å². The molecule has 4 aromatic rings. The molecule has 3 aromatic carbocycles. The molecule has 0 radical (unpaired) electrons. The summed E-state index contributed by atoms with van der Waals surface area (Å²) in [4.78, 5) is 13.1. The molecule has 0 saturated heterocycles. The number of aromatic nitrogens is 1. The van der Waals surface area contributed by atoms with Gasteiger partial charge in [0.2, 0.25) is 0 Å². The highest BCUT2D eigenvalue weighted by Gasteiger charge is 2.29. The summed E-state index contributed by atoms with van der Waals surface area (Å²) in [5.74, 6) is -0.230. The number of hydrazone groups is 1. The fourth-order valence-electron chi connectivity index (χ4n) is 4.43. The average Bonchev–Trinajstić information content (AvgIpc) is 3.21. The van der Waals surface area contributed by atoms with Crippen molar-refractivity contribution in [1.29, 1.82) is 0 Å². The lowest BCUT2D eigenvalue weighted by Crippen LogP contribution is -2.39. The van der Waals surface area contributed by atoms with Crippen molar-refractivity contribution < 1.29 is 17.9 Å². The molecule has 0 aliphatic heterocycles. The van der Waals surface area contributed by atoms with Gasteiger partial charge in [-0.1, -0.05) is 47.5 Å². The number of rotatable bonds is 10. The van der Waals surface area contributed by atoms with Crippen molar-refractivity contribution >= 4 is 27.8 Å². The molecule has 9 heteroatoms. The number of anilines is 1. The van der Waals surface area contributed by atoms with Crippen LogP contribution in [0.15, 0.2) is 88.9 Å². The Morgan fingerprint density at radius 3 is 2.23 bits per heavy atom. The summed E-state index contributed by atoms with van der Waals surface area (Å²) in [5.41, 5.74) is 8.73. The van der Waals surface area contributed by atoms with Crippen LogP contribution in [0.2, 0.25) is 0 Å². The molecular formula is C31H34N4O4S. The van der Waals surface area contributed by atoms with E-state index in [-0.39, 0.29) is 10.6 Å². The molecule has 0 spiro atoms. The predicted octanol–water partition coefficient (Wildman–Crippen LogP) is 5.46. The minimum absolute atomic E-state index is 0.0734. The van der Waals surface area contributed by atoms with Gasteiger partial charge in [0, 0.05) is 22.6 Å². The highest BCUT2D eigenvalue weighted by molar-refractivity contribution is 7.92. The molecule has 0 unspecified atom stereocenters. The molecule has 208 valence electrons. The van der Waals surface area contributed by atoms with Crippen molar-refractivity contribution in [1.82, 2.24) is 9.99 Å². The zero-order valence-electron chi connectivity index (χ0n) is 23.4. The van der Waals surface area contributed by atoms with Crippen molar-refractivity contribution in [2.75, 3.05) is 17.5 Å². The topological polar surface area (TPSA) is 93.0 Å². The Labute approximate surface area is 236 Å². The van der Waals surface area contributed by atoms with Gasteiger partial charge in [0.15, 0.2) is 0 Å². The van der Waals surface area contributed by atoms with Crippen LogP contribution in [0.3, 0.4) is 0 Å². The van der Waals surface area contributed by atoms with Crippen molar-refractivity contribution in [2.24, 2.45) is 5.10 Å². The number of benzene rings is 3. The van der Waals surface area contributed by atoms with Crippen LogP contribution < -0.4 is 14.5 Å². The van der Waals surface area contributed by atoms with Crippen LogP contribution in [0.1, 0.15) is 35.0 Å². The van der Waals surface area contributed by atoms with Gasteiger partial charge in [-0.15, -0.1) is 0 Å². The second-order valence-electron chi connectivity index (χ2n) is 9.52. The third-order valence-electron chi connectivity index (χ3n) is 6.49. The molecule has 1 aromatic heterocycles. The number of para-hydroxylation sites is 2. The molecule has 8 nitrogen and oxygen atoms in total. The second-order valence-corrected chi connectivity index (χ2v) is 11.4. The van der Waals surface area contributed by atoms with Crippen molar-refractivity contribution in [2.45, 2.75) is 39.5 Å². The number of aryl methyl sites for hydroxylation is 3. The Kier molecular flexibility index (Phi) is 8.74. The smallest absolute Gasteiger partial charge is 0.264 e. The summed E-state index contributed by atoms with van der Waals surface area (Å²) in [5, 5.41) is 4.15. The monoisotopic (exact) mass is 558 g/mol. The standard InChI is InChI=1S/C31H34N4O4S/c1-6-39-30-10-8-7-9-29(30)34(40(37,38)28-17-13-23(3)14-18-28)21-31(36)33-32-20-26-19-24(4)35(25(26)5)27-15-11-22(2)12-16-27/h7-20H,6,21H2,1-5H3,(H,33,36)/b32-20-. The number of nitrogens with one attached hydrogen (secondary N) is 1. The van der Waals surface area contributed by atoms with E-state index in [0.717, 1.165) is 32.5 Å². The number of carbonyl (C=O) groups excluding carboxylic acids is 1. The Morgan fingerprint density at radius 1 is 0.950 bits per heavy atom. The van der Waals surface area contributed by atoms with Gasteiger partial charge in [0.05, 0.1) is 23.4 Å². The molecule has 0 aliphatic rings. The average molecular weight is 559 g/mol. The summed E-state index contributed by atoms with van der Waals surface area (Å²) in [6, 6.07) is 23.5. The Hall–Kier alpha value is -4.37. The lowest BCUT2D eigenvalue weighted by Gasteiger charge is -2.25. The van der Waals surface area contributed by atoms with Gasteiger partial charge >= 0.3 is 0 Å². The minimum Gasteiger partial charge on any atom is -0.492 e. The van der Waals surface area contributed by atoms with E-state index in [2.05, 4.69) is 39.4 Å². The van der Waals surface area contributed by atoms with Crippen molar-refractivity contribution in [3.8, 4) is 11.4 Å². The minimum atomic E-state index is -4.09. The SMILES string of the molecule is CCOc1ccccc1N(CC(=O)N/N=C\c1cc(C)n(-c2ccc(C)cc2)c1C)S(=O)(=O)c1ccc(C)cc1. The number of carbonyl (C=O) groups is 1. The molecule has 1 N–H and O–H groups in total. The van der Waals surface area contributed by atoms with Crippen LogP contribution in [0, 0.1) is 27.7 Å². The first-order chi connectivity index (χ1) is 19.1. The van der Waals surface area contributed by atoms with Gasteiger partial charge in [-0.3, -0.25) is 9.10 Å². The summed E-state index contributed by atoms with van der Waals surface area (Å²) < 4.78 is 36.3. The van der Waals surface area contributed by atoms with Crippen LogP contribution in [0.5, 0.6) is 5.75 Å². The first-order valence-electron chi connectivity index (χ1n) is 13.0. The molecule has 0 fully saturated rings. The number of ether oxygens (including phenoxy) is 1. The van der Waals surface area contributed by atoms with Crippen LogP contribution in [0.25, 0.3) is 5.69 Å². The van der Waals surface area contributed by atoms with Crippen LogP contribution in [-0.2, 0) is 14.8 Å². The third kappa shape index (κ3) is 6.26. The van der Waals surface area contributed by atoms with E-state index in [0.29, 0.717) is 12.4 Å². The quantitative estimate of drug-likeness (QED) is 0.207. The second kappa shape index (κ2) is 12.2. The number of sulfonamides is 1. The van der Waals surface area contributed by atoms with Crippen molar-refractivity contribution in [3.05, 3.63) is 107 Å². The molecule has 0 bridgehead atoms. The predicted molar refractivity (Wildman–Crippen MR) is 159 cm³/mol. The largest absolute Gasteiger partial charge is 0.492 e. The molecular weight excluding hydrogens is 524 g/mol. The van der Waals surface area contributed by atoms with E-state index < -0.39 is 22.5 Å². The Morgan fingerprint density at radius 2 is 1.57 bits per heavy atom. The molecule has 0 atom stereocenters. The van der Waals surface area contributed by atoms with Gasteiger partial charge < -0.3 is 9.30 Å². The lowest BCUT2D eigenvalue weighted by molar-refractivity contribution is -0.119. The number of nitrogens with zero attached hydrogens (tertiary/aromatic N) is 3. The van der Waals surface area contributed by atoms with Gasteiger partial charge in [-0.05, 0) is 77.1 Å². The van der Waals surface area contributed by atoms with Crippen molar-refractivity contribution in [3.63, 3.8) is 0 Å². The highest BCUT2D eigenvalue weighted by Crippen LogP contribution is 2.32. The molecule has 4 rings (SSSR count). The Bertz CT molecular complexity index is 1620. The fraction of sp³-hybridized carbons (Fsp3) is 0.226. The number of hydrogen-bond acceptors (Lipinski definition) is 5. The summed E-state index contributed by atoms with van der Waals surface area (Å²) in [6.45, 7) is 9.58. The molecule has 1 amide bonds. The maximum atomic E-state index is 13.7. The van der Waals surface area contributed by atoms with Gasteiger partial charge in [-0.2, -0.15) is 5.10 Å². The third-order valence-corrected chi connectivity index (χ3v) is 8.26. The van der Waals surface area contributed by atoms with E-state index in [1.165, 1.54) is 17.7 Å². The van der Waals surface area contributed by atoms with Crippen LogP contribution in [-0.4, -0.2) is 38.3 Å². The van der Waals surface area contributed by atoms with E-state index in [1.54, 1.807) is 42.6 Å². The summed E-state index contributed by atoms with van der Waals surface area (Å²) in [7, 11) is -4.09. The fourth-order valence-corrected chi connectivity index (χ4v) is 5.86. The number of hydrogen-bond donors (Lipinski definition) is 1. The molecule has 0 aliphatic carbocycles. The lowest BCUT2D eigenvalue weighted by atomic mass is 10.2.